The Hall–Kier alpha value is -0.670. The largest absolute Gasteiger partial charge is 0.312 e. The molecule has 2 nitrogen and oxygen atoms in total. The summed E-state index contributed by atoms with van der Waals surface area (Å²) in [6.07, 6.45) is 0.608. The third kappa shape index (κ3) is 4.53. The number of rotatable bonds is 5. The number of ketones is 1. The second kappa shape index (κ2) is 5.94. The van der Waals surface area contributed by atoms with Gasteiger partial charge in [0.15, 0.2) is 0 Å². The van der Waals surface area contributed by atoms with Gasteiger partial charge in [0.25, 0.3) is 0 Å². The molecule has 0 spiro atoms. The number of hydrogen-bond donors (Lipinski definition) is 1. The molecular weight excluding hydrogens is 242 g/mol. The van der Waals surface area contributed by atoms with Crippen molar-refractivity contribution in [2.45, 2.75) is 19.9 Å². The van der Waals surface area contributed by atoms with Crippen LogP contribution >= 0.6 is 15.9 Å². The Morgan fingerprint density at radius 3 is 2.57 bits per heavy atom. The van der Waals surface area contributed by atoms with E-state index in [0.29, 0.717) is 6.42 Å². The summed E-state index contributed by atoms with van der Waals surface area (Å²) < 4.78 is 1.09. The molecule has 14 heavy (non-hydrogen) atoms. The SMILES string of the molecule is CC(=O)CCNCc1ccc(Br)cc1. The lowest BCUT2D eigenvalue weighted by Gasteiger charge is -2.03. The Morgan fingerprint density at radius 1 is 1.36 bits per heavy atom. The van der Waals surface area contributed by atoms with Crippen LogP contribution in [0.4, 0.5) is 0 Å². The summed E-state index contributed by atoms with van der Waals surface area (Å²) in [7, 11) is 0. The molecule has 0 atom stereocenters. The first-order valence-corrected chi connectivity index (χ1v) is 5.42. The van der Waals surface area contributed by atoms with E-state index in [2.05, 4.69) is 33.4 Å². The number of carbonyl (C=O) groups excluding carboxylic acids is 1. The van der Waals surface area contributed by atoms with Crippen LogP contribution in [0.2, 0.25) is 0 Å². The molecule has 0 aliphatic carbocycles. The number of carbonyl (C=O) groups is 1. The molecule has 1 N–H and O–H groups in total. The fraction of sp³-hybridized carbons (Fsp3) is 0.364. The number of Topliss-reactive ketones (excluding diaryl/α,β-unsaturated/α-hetero) is 1. The molecule has 0 bridgehead atoms. The van der Waals surface area contributed by atoms with Gasteiger partial charge in [0.05, 0.1) is 0 Å². The summed E-state index contributed by atoms with van der Waals surface area (Å²) >= 11 is 3.38. The van der Waals surface area contributed by atoms with Gasteiger partial charge in [-0.2, -0.15) is 0 Å². The van der Waals surface area contributed by atoms with Gasteiger partial charge in [0.1, 0.15) is 5.78 Å². The van der Waals surface area contributed by atoms with Gasteiger partial charge in [0.2, 0.25) is 0 Å². The Bertz CT molecular complexity index is 295. The fourth-order valence-electron chi connectivity index (χ4n) is 1.10. The van der Waals surface area contributed by atoms with Crippen LogP contribution in [-0.4, -0.2) is 12.3 Å². The van der Waals surface area contributed by atoms with Crippen LogP contribution in [0.1, 0.15) is 18.9 Å². The maximum atomic E-state index is 10.7. The number of halogens is 1. The predicted molar refractivity (Wildman–Crippen MR) is 61.1 cm³/mol. The molecule has 76 valence electrons. The molecule has 0 saturated carbocycles. The second-order valence-electron chi connectivity index (χ2n) is 3.26. The van der Waals surface area contributed by atoms with E-state index in [1.165, 1.54) is 5.56 Å². The second-order valence-corrected chi connectivity index (χ2v) is 4.17. The average molecular weight is 256 g/mol. The lowest BCUT2D eigenvalue weighted by atomic mass is 10.2. The Labute approximate surface area is 92.8 Å². The molecule has 1 aromatic rings. The van der Waals surface area contributed by atoms with E-state index in [-0.39, 0.29) is 5.78 Å². The van der Waals surface area contributed by atoms with E-state index in [1.54, 1.807) is 6.92 Å². The van der Waals surface area contributed by atoms with E-state index in [4.69, 9.17) is 0 Å². The summed E-state index contributed by atoms with van der Waals surface area (Å²) in [6.45, 7) is 3.19. The maximum absolute atomic E-state index is 10.7. The van der Waals surface area contributed by atoms with Crippen LogP contribution in [-0.2, 0) is 11.3 Å². The van der Waals surface area contributed by atoms with Crippen LogP contribution in [0.25, 0.3) is 0 Å². The molecule has 0 saturated heterocycles. The minimum absolute atomic E-state index is 0.230. The first-order valence-electron chi connectivity index (χ1n) is 4.63. The molecule has 0 amide bonds. The molecule has 0 radical (unpaired) electrons. The lowest BCUT2D eigenvalue weighted by Crippen LogP contribution is -2.16. The normalized spacial score (nSPS) is 10.1. The van der Waals surface area contributed by atoms with Crippen molar-refractivity contribution in [1.29, 1.82) is 0 Å². The number of benzene rings is 1. The smallest absolute Gasteiger partial charge is 0.131 e. The van der Waals surface area contributed by atoms with Gasteiger partial charge in [-0.25, -0.2) is 0 Å². The molecule has 0 aliphatic rings. The minimum atomic E-state index is 0.230. The summed E-state index contributed by atoms with van der Waals surface area (Å²) in [6, 6.07) is 8.15. The topological polar surface area (TPSA) is 29.1 Å². The van der Waals surface area contributed by atoms with E-state index < -0.39 is 0 Å². The van der Waals surface area contributed by atoms with E-state index >= 15 is 0 Å². The highest BCUT2D eigenvalue weighted by Gasteiger charge is 1.94. The monoisotopic (exact) mass is 255 g/mol. The van der Waals surface area contributed by atoms with Crippen molar-refractivity contribution in [3.05, 3.63) is 34.3 Å². The van der Waals surface area contributed by atoms with E-state index in [0.717, 1.165) is 17.6 Å². The van der Waals surface area contributed by atoms with Crippen molar-refractivity contribution in [2.75, 3.05) is 6.54 Å². The summed E-state index contributed by atoms with van der Waals surface area (Å²) in [4.78, 5) is 10.7. The van der Waals surface area contributed by atoms with Crippen LogP contribution in [0.3, 0.4) is 0 Å². The molecule has 0 heterocycles. The van der Waals surface area contributed by atoms with Crippen LogP contribution in [0.15, 0.2) is 28.7 Å². The summed E-state index contributed by atoms with van der Waals surface area (Å²) in [5, 5.41) is 3.22. The summed E-state index contributed by atoms with van der Waals surface area (Å²) in [5.41, 5.74) is 1.23. The molecule has 1 aromatic carbocycles. The van der Waals surface area contributed by atoms with Gasteiger partial charge in [-0.1, -0.05) is 28.1 Å². The van der Waals surface area contributed by atoms with Crippen molar-refractivity contribution >= 4 is 21.7 Å². The Balaban J connectivity index is 2.25. The van der Waals surface area contributed by atoms with Crippen LogP contribution in [0.5, 0.6) is 0 Å². The van der Waals surface area contributed by atoms with Gasteiger partial charge in [0, 0.05) is 24.0 Å². The number of nitrogens with one attached hydrogen (secondary N) is 1. The van der Waals surface area contributed by atoms with Crippen molar-refractivity contribution in [1.82, 2.24) is 5.32 Å². The molecular formula is C11H14BrNO. The Kier molecular flexibility index (Phi) is 4.84. The molecule has 3 heteroatoms. The quantitative estimate of drug-likeness (QED) is 0.820. The highest BCUT2D eigenvalue weighted by atomic mass is 79.9. The lowest BCUT2D eigenvalue weighted by molar-refractivity contribution is -0.116. The molecule has 0 aliphatic heterocycles. The van der Waals surface area contributed by atoms with Crippen molar-refractivity contribution in [3.63, 3.8) is 0 Å². The standard InChI is InChI=1S/C11H14BrNO/c1-9(14)6-7-13-8-10-2-4-11(12)5-3-10/h2-5,13H,6-8H2,1H3. The highest BCUT2D eigenvalue weighted by molar-refractivity contribution is 9.10. The van der Waals surface area contributed by atoms with Crippen molar-refractivity contribution in [3.8, 4) is 0 Å². The Morgan fingerprint density at radius 2 is 2.00 bits per heavy atom. The first-order chi connectivity index (χ1) is 6.68. The third-order valence-corrected chi connectivity index (χ3v) is 2.42. The van der Waals surface area contributed by atoms with Gasteiger partial charge in [-0.3, -0.25) is 4.79 Å². The van der Waals surface area contributed by atoms with Crippen molar-refractivity contribution < 1.29 is 4.79 Å². The zero-order valence-corrected chi connectivity index (χ0v) is 9.80. The summed E-state index contributed by atoms with van der Waals surface area (Å²) in [5.74, 6) is 0.230. The maximum Gasteiger partial charge on any atom is 0.131 e. The molecule has 1 rings (SSSR count). The number of hydrogen-bond acceptors (Lipinski definition) is 2. The third-order valence-electron chi connectivity index (χ3n) is 1.90. The van der Waals surface area contributed by atoms with Crippen LogP contribution < -0.4 is 5.32 Å². The first kappa shape index (κ1) is 11.4. The predicted octanol–water partition coefficient (Wildman–Crippen LogP) is 2.52. The molecule has 0 aromatic heterocycles. The average Bonchev–Trinajstić information content (AvgIpc) is 2.15. The zero-order chi connectivity index (χ0) is 10.4. The highest BCUT2D eigenvalue weighted by Crippen LogP contribution is 2.09. The molecule has 0 unspecified atom stereocenters. The molecule has 0 fully saturated rings. The van der Waals surface area contributed by atoms with E-state index in [9.17, 15) is 4.79 Å². The van der Waals surface area contributed by atoms with Gasteiger partial charge in [-0.15, -0.1) is 0 Å². The van der Waals surface area contributed by atoms with Gasteiger partial charge >= 0.3 is 0 Å². The van der Waals surface area contributed by atoms with Crippen molar-refractivity contribution in [2.24, 2.45) is 0 Å². The van der Waals surface area contributed by atoms with Gasteiger partial charge < -0.3 is 5.32 Å². The minimum Gasteiger partial charge on any atom is -0.312 e. The fourth-order valence-corrected chi connectivity index (χ4v) is 1.36. The van der Waals surface area contributed by atoms with Crippen LogP contribution in [0, 0.1) is 0 Å². The van der Waals surface area contributed by atoms with Gasteiger partial charge in [-0.05, 0) is 24.6 Å². The van der Waals surface area contributed by atoms with E-state index in [1.807, 2.05) is 12.1 Å². The zero-order valence-electron chi connectivity index (χ0n) is 8.22.